The second-order valence-electron chi connectivity index (χ2n) is 6.43. The van der Waals surface area contributed by atoms with E-state index in [0.717, 1.165) is 19.6 Å². The zero-order valence-electron chi connectivity index (χ0n) is 13.6. The topological polar surface area (TPSA) is 80.5 Å². The van der Waals surface area contributed by atoms with E-state index in [9.17, 15) is 4.79 Å². The summed E-state index contributed by atoms with van der Waals surface area (Å²) in [7, 11) is 0. The Balaban J connectivity index is 1.38. The maximum atomic E-state index is 12.5. The molecule has 0 spiro atoms. The molecule has 2 bridgehead atoms. The van der Waals surface area contributed by atoms with Crippen LogP contribution < -0.4 is 10.1 Å². The molecule has 3 saturated heterocycles. The van der Waals surface area contributed by atoms with Crippen molar-refractivity contribution in [1.82, 2.24) is 20.4 Å². The molecule has 7 heteroatoms. The number of nitrogens with one attached hydrogen (secondary N) is 1. The molecule has 1 amide bonds. The molecule has 3 aliphatic rings. The zero-order valence-corrected chi connectivity index (χ0v) is 13.6. The van der Waals surface area contributed by atoms with Crippen LogP contribution in [0.3, 0.4) is 0 Å². The van der Waals surface area contributed by atoms with E-state index in [-0.39, 0.29) is 18.0 Å². The van der Waals surface area contributed by atoms with Crippen LogP contribution in [0.4, 0.5) is 0 Å². The Morgan fingerprint density at radius 2 is 2.00 bits per heavy atom. The largest absolute Gasteiger partial charge is 0.420 e. The molecule has 3 aliphatic heterocycles. The van der Waals surface area contributed by atoms with Crippen LogP contribution in [-0.4, -0.2) is 46.7 Å². The zero-order chi connectivity index (χ0) is 16.5. The summed E-state index contributed by atoms with van der Waals surface area (Å²) in [6, 6.07) is 7.21. The molecular weight excluding hydrogens is 308 g/mol. The lowest BCUT2D eigenvalue weighted by Gasteiger charge is -2.44. The van der Waals surface area contributed by atoms with Crippen LogP contribution in [0, 0.1) is 12.8 Å². The average molecular weight is 328 g/mol. The van der Waals surface area contributed by atoms with Crippen LogP contribution in [-0.2, 0) is 0 Å². The molecule has 5 rings (SSSR count). The molecule has 0 unspecified atom stereocenters. The SMILES string of the molecule is Cc1nnc(Oc2ccc(C(=O)N[C@H]3CN4CCC3CC4)cc2)o1. The maximum absolute atomic E-state index is 12.5. The van der Waals surface area contributed by atoms with Crippen molar-refractivity contribution in [3.8, 4) is 11.8 Å². The number of rotatable bonds is 4. The predicted octanol–water partition coefficient (Wildman–Crippen LogP) is 1.99. The molecule has 0 aliphatic carbocycles. The van der Waals surface area contributed by atoms with E-state index in [1.807, 2.05) is 0 Å². The van der Waals surface area contributed by atoms with Crippen molar-refractivity contribution >= 4 is 5.91 Å². The third kappa shape index (κ3) is 3.12. The highest BCUT2D eigenvalue weighted by Crippen LogP contribution is 2.28. The molecule has 0 saturated carbocycles. The second-order valence-corrected chi connectivity index (χ2v) is 6.43. The van der Waals surface area contributed by atoms with Crippen LogP contribution in [0.25, 0.3) is 0 Å². The standard InChI is InChI=1S/C17H20N4O3/c1-11-19-20-17(23-11)24-14-4-2-13(3-5-14)16(22)18-15-10-21-8-6-12(15)7-9-21/h2-5,12,15H,6-10H2,1H3,(H,18,22)/t15-/m0/s1. The molecule has 1 aromatic heterocycles. The van der Waals surface area contributed by atoms with Gasteiger partial charge in [-0.3, -0.25) is 4.79 Å². The minimum absolute atomic E-state index is 0.0334. The van der Waals surface area contributed by atoms with Gasteiger partial charge in [-0.15, -0.1) is 5.10 Å². The van der Waals surface area contributed by atoms with Gasteiger partial charge in [0.05, 0.1) is 0 Å². The lowest BCUT2D eigenvalue weighted by atomic mass is 9.84. The number of hydrogen-bond acceptors (Lipinski definition) is 6. The summed E-state index contributed by atoms with van der Waals surface area (Å²) in [4.78, 5) is 14.9. The van der Waals surface area contributed by atoms with Crippen LogP contribution >= 0.6 is 0 Å². The third-order valence-corrected chi connectivity index (χ3v) is 4.80. The van der Waals surface area contributed by atoms with Gasteiger partial charge in [0.25, 0.3) is 5.91 Å². The summed E-state index contributed by atoms with van der Waals surface area (Å²) in [5.74, 6) is 1.58. The number of nitrogens with zero attached hydrogens (tertiary/aromatic N) is 3. The number of ether oxygens (including phenoxy) is 1. The summed E-state index contributed by atoms with van der Waals surface area (Å²) in [5.41, 5.74) is 0.625. The van der Waals surface area contributed by atoms with Crippen molar-refractivity contribution < 1.29 is 13.9 Å². The lowest BCUT2D eigenvalue weighted by molar-refractivity contribution is 0.0620. The number of fused-ring (bicyclic) bond motifs is 3. The van der Waals surface area contributed by atoms with Gasteiger partial charge in [-0.25, -0.2) is 0 Å². The van der Waals surface area contributed by atoms with Gasteiger partial charge in [-0.1, -0.05) is 5.10 Å². The molecular formula is C17H20N4O3. The fourth-order valence-corrected chi connectivity index (χ4v) is 3.48. The Kier molecular flexibility index (Phi) is 3.93. The summed E-state index contributed by atoms with van der Waals surface area (Å²) >= 11 is 0. The highest BCUT2D eigenvalue weighted by Gasteiger charge is 2.34. The Bertz CT molecular complexity index is 720. The first-order valence-electron chi connectivity index (χ1n) is 8.28. The van der Waals surface area contributed by atoms with E-state index in [2.05, 4.69) is 20.4 Å². The molecule has 3 fully saturated rings. The van der Waals surface area contributed by atoms with Crippen LogP contribution in [0.5, 0.6) is 11.8 Å². The van der Waals surface area contributed by atoms with Gasteiger partial charge in [0.15, 0.2) is 0 Å². The van der Waals surface area contributed by atoms with E-state index >= 15 is 0 Å². The van der Waals surface area contributed by atoms with Crippen molar-refractivity contribution in [1.29, 1.82) is 0 Å². The van der Waals surface area contributed by atoms with Gasteiger partial charge in [0.1, 0.15) is 5.75 Å². The highest BCUT2D eigenvalue weighted by atomic mass is 16.6. The number of carbonyl (C=O) groups excluding carboxylic acids is 1. The number of carbonyl (C=O) groups is 1. The van der Waals surface area contributed by atoms with E-state index in [1.54, 1.807) is 31.2 Å². The lowest BCUT2D eigenvalue weighted by Crippen LogP contribution is -2.57. The molecule has 126 valence electrons. The van der Waals surface area contributed by atoms with E-state index in [0.29, 0.717) is 23.1 Å². The molecule has 24 heavy (non-hydrogen) atoms. The molecule has 1 N–H and O–H groups in total. The summed E-state index contributed by atoms with van der Waals surface area (Å²) < 4.78 is 10.6. The monoisotopic (exact) mass is 328 g/mol. The number of aromatic nitrogens is 2. The molecule has 0 radical (unpaired) electrons. The van der Waals surface area contributed by atoms with Crippen molar-refractivity contribution in [2.75, 3.05) is 19.6 Å². The molecule has 1 aromatic carbocycles. The molecule has 1 atom stereocenters. The summed E-state index contributed by atoms with van der Waals surface area (Å²) in [5, 5.41) is 10.7. The first-order chi connectivity index (χ1) is 11.7. The normalized spacial score (nSPS) is 25.5. The maximum Gasteiger partial charge on any atom is 0.420 e. The number of benzene rings is 1. The van der Waals surface area contributed by atoms with Gasteiger partial charge < -0.3 is 19.4 Å². The Hall–Kier alpha value is -2.41. The van der Waals surface area contributed by atoms with Crippen LogP contribution in [0.1, 0.15) is 29.1 Å². The van der Waals surface area contributed by atoms with Crippen LogP contribution in [0.15, 0.2) is 28.7 Å². The number of hydrogen-bond donors (Lipinski definition) is 1. The second kappa shape index (κ2) is 6.24. The van der Waals surface area contributed by atoms with Crippen molar-refractivity contribution in [2.24, 2.45) is 5.92 Å². The summed E-state index contributed by atoms with van der Waals surface area (Å²) in [6.07, 6.45) is 2.46. The average Bonchev–Trinajstić information content (AvgIpc) is 3.01. The van der Waals surface area contributed by atoms with E-state index < -0.39 is 0 Å². The first kappa shape index (κ1) is 15.1. The minimum Gasteiger partial charge on any atom is -0.410 e. The van der Waals surface area contributed by atoms with Crippen LogP contribution in [0.2, 0.25) is 0 Å². The van der Waals surface area contributed by atoms with Crippen molar-refractivity contribution in [2.45, 2.75) is 25.8 Å². The number of piperidine rings is 3. The van der Waals surface area contributed by atoms with Crippen molar-refractivity contribution in [3.63, 3.8) is 0 Å². The minimum atomic E-state index is -0.0334. The smallest absolute Gasteiger partial charge is 0.410 e. The van der Waals surface area contributed by atoms with E-state index in [1.165, 1.54) is 12.8 Å². The quantitative estimate of drug-likeness (QED) is 0.924. The Labute approximate surface area is 140 Å². The molecule has 4 heterocycles. The Morgan fingerprint density at radius 3 is 2.58 bits per heavy atom. The fourth-order valence-electron chi connectivity index (χ4n) is 3.48. The molecule has 2 aromatic rings. The highest BCUT2D eigenvalue weighted by molar-refractivity contribution is 5.94. The van der Waals surface area contributed by atoms with Crippen molar-refractivity contribution in [3.05, 3.63) is 35.7 Å². The third-order valence-electron chi connectivity index (χ3n) is 4.80. The first-order valence-corrected chi connectivity index (χ1v) is 8.28. The molecule has 7 nitrogen and oxygen atoms in total. The van der Waals surface area contributed by atoms with Gasteiger partial charge >= 0.3 is 6.08 Å². The fraction of sp³-hybridized carbons (Fsp3) is 0.471. The number of amides is 1. The van der Waals surface area contributed by atoms with Gasteiger partial charge in [-0.05, 0) is 56.1 Å². The van der Waals surface area contributed by atoms with Gasteiger partial charge in [0.2, 0.25) is 5.89 Å². The predicted molar refractivity (Wildman–Crippen MR) is 86.0 cm³/mol. The van der Waals surface area contributed by atoms with E-state index in [4.69, 9.17) is 9.15 Å². The Morgan fingerprint density at radius 1 is 1.25 bits per heavy atom. The van der Waals surface area contributed by atoms with Gasteiger partial charge in [-0.2, -0.15) is 0 Å². The number of aryl methyl sites for hydroxylation is 1. The summed E-state index contributed by atoms with van der Waals surface area (Å²) in [6.45, 7) is 4.99. The van der Waals surface area contributed by atoms with Gasteiger partial charge in [0, 0.05) is 25.1 Å².